The minimum absolute atomic E-state index is 0.586. The number of aromatic nitrogens is 1. The summed E-state index contributed by atoms with van der Waals surface area (Å²) in [6, 6.07) is 11.9. The number of quaternary nitrogens is 1. The first-order valence-corrected chi connectivity index (χ1v) is 7.61. The zero-order chi connectivity index (χ0) is 15.1. The molecular weight excluding hydrogens is 330 g/mol. The molecular formula is C16H19BrN3O+. The fourth-order valence-electron chi connectivity index (χ4n) is 1.74. The van der Waals surface area contributed by atoms with E-state index in [2.05, 4.69) is 40.2 Å². The summed E-state index contributed by atoms with van der Waals surface area (Å²) in [6.07, 6.45) is 3.54. The monoisotopic (exact) mass is 348 g/mol. The molecule has 0 aliphatic heterocycles. The Bertz CT molecular complexity index is 582. The van der Waals surface area contributed by atoms with Crippen LogP contribution in [0.5, 0.6) is 0 Å². The van der Waals surface area contributed by atoms with Gasteiger partial charge in [-0.2, -0.15) is 0 Å². The summed E-state index contributed by atoms with van der Waals surface area (Å²) in [5.41, 5.74) is 2.74. The molecule has 0 unspecified atom stereocenters. The maximum absolute atomic E-state index is 5.47. The number of halogens is 1. The molecule has 4 nitrogen and oxygen atoms in total. The lowest BCUT2D eigenvalue weighted by atomic mass is 10.0. The number of oxime groups is 1. The first-order valence-electron chi connectivity index (χ1n) is 6.82. The van der Waals surface area contributed by atoms with Crippen molar-refractivity contribution in [2.75, 3.05) is 27.2 Å². The van der Waals surface area contributed by atoms with E-state index in [1.807, 2.05) is 36.4 Å². The van der Waals surface area contributed by atoms with E-state index in [4.69, 9.17) is 4.84 Å². The van der Waals surface area contributed by atoms with Gasteiger partial charge in [-0.1, -0.05) is 33.2 Å². The van der Waals surface area contributed by atoms with Gasteiger partial charge in [0.25, 0.3) is 0 Å². The van der Waals surface area contributed by atoms with Gasteiger partial charge in [-0.25, -0.2) is 0 Å². The Morgan fingerprint density at radius 1 is 1.19 bits per heavy atom. The largest absolute Gasteiger partial charge is 0.389 e. The molecule has 0 fully saturated rings. The lowest BCUT2D eigenvalue weighted by Crippen LogP contribution is -3.06. The van der Waals surface area contributed by atoms with Crippen molar-refractivity contribution in [3.63, 3.8) is 0 Å². The van der Waals surface area contributed by atoms with Gasteiger partial charge in [-0.15, -0.1) is 0 Å². The van der Waals surface area contributed by atoms with Crippen LogP contribution in [-0.4, -0.2) is 37.9 Å². The fraction of sp³-hybridized carbons (Fsp3) is 0.250. The van der Waals surface area contributed by atoms with Gasteiger partial charge >= 0.3 is 0 Å². The molecule has 2 aromatic rings. The van der Waals surface area contributed by atoms with Gasteiger partial charge < -0.3 is 9.74 Å². The summed E-state index contributed by atoms with van der Waals surface area (Å²) in [7, 11) is 4.17. The molecule has 1 aromatic carbocycles. The van der Waals surface area contributed by atoms with E-state index in [1.54, 1.807) is 12.4 Å². The molecule has 110 valence electrons. The van der Waals surface area contributed by atoms with Crippen molar-refractivity contribution in [1.82, 2.24) is 4.98 Å². The molecule has 1 heterocycles. The second kappa shape index (κ2) is 7.90. The third kappa shape index (κ3) is 4.95. The second-order valence-corrected chi connectivity index (χ2v) is 5.89. The van der Waals surface area contributed by atoms with Crippen molar-refractivity contribution in [3.05, 3.63) is 64.4 Å². The zero-order valence-electron chi connectivity index (χ0n) is 12.2. The van der Waals surface area contributed by atoms with Gasteiger partial charge in [-0.05, 0) is 24.3 Å². The van der Waals surface area contributed by atoms with E-state index in [-0.39, 0.29) is 0 Å². The topological polar surface area (TPSA) is 38.9 Å². The second-order valence-electron chi connectivity index (χ2n) is 4.98. The van der Waals surface area contributed by atoms with Crippen molar-refractivity contribution < 1.29 is 9.74 Å². The summed E-state index contributed by atoms with van der Waals surface area (Å²) < 4.78 is 1.04. The number of likely N-dealkylation sites (N-methyl/N-ethyl adjacent to an activating group) is 1. The average Bonchev–Trinajstić information content (AvgIpc) is 2.49. The summed E-state index contributed by atoms with van der Waals surface area (Å²) in [6.45, 7) is 1.49. The summed E-state index contributed by atoms with van der Waals surface area (Å²) in [5.74, 6) is 0. The van der Waals surface area contributed by atoms with Gasteiger partial charge in [0, 0.05) is 28.0 Å². The van der Waals surface area contributed by atoms with Crippen molar-refractivity contribution >= 4 is 21.6 Å². The van der Waals surface area contributed by atoms with Crippen molar-refractivity contribution in [2.24, 2.45) is 5.16 Å². The van der Waals surface area contributed by atoms with Crippen LogP contribution in [0, 0.1) is 0 Å². The maximum atomic E-state index is 5.47. The van der Waals surface area contributed by atoms with Crippen LogP contribution in [0.15, 0.2) is 58.4 Å². The van der Waals surface area contributed by atoms with E-state index >= 15 is 0 Å². The number of rotatable bonds is 6. The van der Waals surface area contributed by atoms with Crippen molar-refractivity contribution in [2.45, 2.75) is 0 Å². The number of nitrogens with zero attached hydrogens (tertiary/aromatic N) is 2. The Morgan fingerprint density at radius 2 is 1.95 bits per heavy atom. The molecule has 1 N–H and O–H groups in total. The van der Waals surface area contributed by atoms with Gasteiger partial charge in [0.1, 0.15) is 12.3 Å². The Kier molecular flexibility index (Phi) is 5.90. The third-order valence-electron chi connectivity index (χ3n) is 2.90. The molecule has 0 amide bonds. The molecule has 0 saturated carbocycles. The highest BCUT2D eigenvalue weighted by Gasteiger charge is 2.08. The maximum Gasteiger partial charge on any atom is 0.165 e. The van der Waals surface area contributed by atoms with Crippen molar-refractivity contribution in [3.8, 4) is 0 Å². The van der Waals surface area contributed by atoms with Crippen LogP contribution >= 0.6 is 15.9 Å². The van der Waals surface area contributed by atoms with Crippen molar-refractivity contribution in [1.29, 1.82) is 0 Å². The summed E-state index contributed by atoms with van der Waals surface area (Å²) in [4.78, 5) is 11.0. The normalized spacial score (nSPS) is 11.7. The molecule has 0 saturated heterocycles. The number of nitrogens with one attached hydrogen (secondary N) is 1. The van der Waals surface area contributed by atoms with Gasteiger partial charge in [0.05, 0.1) is 14.1 Å². The Hall–Kier alpha value is -1.72. The third-order valence-corrected chi connectivity index (χ3v) is 3.43. The Morgan fingerprint density at radius 3 is 2.57 bits per heavy atom. The smallest absolute Gasteiger partial charge is 0.165 e. The van der Waals surface area contributed by atoms with Crippen LogP contribution in [0.3, 0.4) is 0 Å². The SMILES string of the molecule is C[NH+](C)CCON=C(c1ccc(Br)cc1)c1cccnc1. The number of hydrogen-bond donors (Lipinski definition) is 1. The molecule has 0 aliphatic rings. The van der Waals surface area contributed by atoms with E-state index in [9.17, 15) is 0 Å². The van der Waals surface area contributed by atoms with E-state index in [0.29, 0.717) is 6.61 Å². The summed E-state index contributed by atoms with van der Waals surface area (Å²) >= 11 is 3.44. The van der Waals surface area contributed by atoms with E-state index < -0.39 is 0 Å². The quantitative estimate of drug-likeness (QED) is 0.490. The molecule has 5 heteroatoms. The van der Waals surface area contributed by atoms with Crippen LogP contribution in [0.2, 0.25) is 0 Å². The van der Waals surface area contributed by atoms with E-state index in [1.165, 1.54) is 4.90 Å². The first-order chi connectivity index (χ1) is 10.2. The van der Waals surface area contributed by atoms with Crippen LogP contribution in [0.1, 0.15) is 11.1 Å². The molecule has 0 atom stereocenters. The predicted octanol–water partition coefficient (Wildman–Crippen LogP) is 1.76. The highest BCUT2D eigenvalue weighted by atomic mass is 79.9. The van der Waals surface area contributed by atoms with Crippen LogP contribution in [0.25, 0.3) is 0 Å². The van der Waals surface area contributed by atoms with E-state index in [0.717, 1.165) is 27.9 Å². The molecule has 21 heavy (non-hydrogen) atoms. The average molecular weight is 349 g/mol. The molecule has 0 spiro atoms. The standard InChI is InChI=1S/C16H18BrN3O/c1-20(2)10-11-21-19-16(14-4-3-9-18-12-14)13-5-7-15(17)8-6-13/h3-9,12H,10-11H2,1-2H3/p+1. The lowest BCUT2D eigenvalue weighted by Gasteiger charge is -2.09. The minimum atomic E-state index is 0.586. The molecule has 0 radical (unpaired) electrons. The lowest BCUT2D eigenvalue weighted by molar-refractivity contribution is -0.858. The molecule has 2 rings (SSSR count). The minimum Gasteiger partial charge on any atom is -0.389 e. The van der Waals surface area contributed by atoms with Crippen LogP contribution in [-0.2, 0) is 4.84 Å². The highest BCUT2D eigenvalue weighted by molar-refractivity contribution is 9.10. The van der Waals surface area contributed by atoms with Gasteiger partial charge in [-0.3, -0.25) is 4.98 Å². The molecule has 1 aromatic heterocycles. The number of benzene rings is 1. The molecule has 0 bridgehead atoms. The first kappa shape index (κ1) is 15.7. The molecule has 0 aliphatic carbocycles. The zero-order valence-corrected chi connectivity index (χ0v) is 13.8. The van der Waals surface area contributed by atoms with Gasteiger partial charge in [0.15, 0.2) is 6.61 Å². The highest BCUT2D eigenvalue weighted by Crippen LogP contribution is 2.15. The predicted molar refractivity (Wildman–Crippen MR) is 87.6 cm³/mol. The summed E-state index contributed by atoms with van der Waals surface area (Å²) in [5, 5.41) is 4.31. The van der Waals surface area contributed by atoms with Gasteiger partial charge in [0.2, 0.25) is 0 Å². The number of hydrogen-bond acceptors (Lipinski definition) is 3. The fourth-order valence-corrected chi connectivity index (χ4v) is 2.01. The van der Waals surface area contributed by atoms with Crippen LogP contribution in [0.4, 0.5) is 0 Å². The Labute approximate surface area is 133 Å². The Balaban J connectivity index is 2.22. The number of pyridine rings is 1. The van der Waals surface area contributed by atoms with Crippen LogP contribution < -0.4 is 4.90 Å².